The Kier molecular flexibility index (Phi) is 4.36. The van der Waals surface area contributed by atoms with E-state index in [-0.39, 0.29) is 0 Å². The summed E-state index contributed by atoms with van der Waals surface area (Å²) < 4.78 is 0. The van der Waals surface area contributed by atoms with Crippen molar-refractivity contribution >= 4 is 45.7 Å². The van der Waals surface area contributed by atoms with Crippen molar-refractivity contribution in [3.63, 3.8) is 0 Å². The largest absolute Gasteiger partial charge is 0.353 e. The predicted molar refractivity (Wildman–Crippen MR) is 103 cm³/mol. The Bertz CT molecular complexity index is 922. The SMILES string of the molecule is Cc1nccc(N2CCN(c3ccc4c(Cl)ccc(Cl)c4n3)CC2)n1. The van der Waals surface area contributed by atoms with E-state index in [1.165, 1.54) is 0 Å². The van der Waals surface area contributed by atoms with Crippen LogP contribution in [-0.4, -0.2) is 41.1 Å². The van der Waals surface area contributed by atoms with Gasteiger partial charge in [-0.1, -0.05) is 23.2 Å². The zero-order valence-electron chi connectivity index (χ0n) is 13.8. The van der Waals surface area contributed by atoms with E-state index in [0.717, 1.165) is 54.5 Å². The third kappa shape index (κ3) is 3.22. The van der Waals surface area contributed by atoms with Crippen LogP contribution in [-0.2, 0) is 0 Å². The van der Waals surface area contributed by atoms with Crippen LogP contribution in [0.1, 0.15) is 5.82 Å². The Hall–Kier alpha value is -2.11. The first-order valence-electron chi connectivity index (χ1n) is 8.16. The number of hydrogen-bond donors (Lipinski definition) is 0. The van der Waals surface area contributed by atoms with Gasteiger partial charge in [0.1, 0.15) is 17.5 Å². The highest BCUT2D eigenvalue weighted by Gasteiger charge is 2.20. The van der Waals surface area contributed by atoms with E-state index in [1.54, 1.807) is 18.3 Å². The van der Waals surface area contributed by atoms with Gasteiger partial charge in [-0.15, -0.1) is 0 Å². The molecule has 3 heterocycles. The van der Waals surface area contributed by atoms with E-state index in [4.69, 9.17) is 28.2 Å². The minimum Gasteiger partial charge on any atom is -0.353 e. The van der Waals surface area contributed by atoms with Gasteiger partial charge in [0.15, 0.2) is 0 Å². The summed E-state index contributed by atoms with van der Waals surface area (Å²) in [6.45, 7) is 5.44. The lowest BCUT2D eigenvalue weighted by atomic mass is 10.2. The summed E-state index contributed by atoms with van der Waals surface area (Å²) in [4.78, 5) is 17.9. The predicted octanol–water partition coefficient (Wildman–Crippen LogP) is 3.97. The molecule has 0 atom stereocenters. The van der Waals surface area contributed by atoms with E-state index in [1.807, 2.05) is 25.1 Å². The van der Waals surface area contributed by atoms with Gasteiger partial charge in [-0.25, -0.2) is 15.0 Å². The van der Waals surface area contributed by atoms with Gasteiger partial charge in [0, 0.05) is 37.8 Å². The number of hydrogen-bond acceptors (Lipinski definition) is 5. The first-order valence-corrected chi connectivity index (χ1v) is 8.92. The Morgan fingerprint density at radius 3 is 2.12 bits per heavy atom. The molecule has 0 radical (unpaired) electrons. The number of pyridine rings is 1. The fraction of sp³-hybridized carbons (Fsp3) is 0.278. The molecule has 0 bridgehead atoms. The number of aromatic nitrogens is 3. The second-order valence-corrected chi connectivity index (χ2v) is 6.85. The van der Waals surface area contributed by atoms with Gasteiger partial charge in [0.25, 0.3) is 0 Å². The molecule has 25 heavy (non-hydrogen) atoms. The van der Waals surface area contributed by atoms with Crippen LogP contribution in [0.2, 0.25) is 10.0 Å². The Labute approximate surface area is 156 Å². The van der Waals surface area contributed by atoms with Crippen molar-refractivity contribution < 1.29 is 0 Å². The topological polar surface area (TPSA) is 45.2 Å². The summed E-state index contributed by atoms with van der Waals surface area (Å²) >= 11 is 12.5. The first kappa shape index (κ1) is 16.4. The summed E-state index contributed by atoms with van der Waals surface area (Å²) in [6.07, 6.45) is 1.81. The van der Waals surface area contributed by atoms with Crippen molar-refractivity contribution in [1.82, 2.24) is 15.0 Å². The number of benzene rings is 1. The molecule has 1 aromatic carbocycles. The van der Waals surface area contributed by atoms with Gasteiger partial charge >= 0.3 is 0 Å². The molecule has 0 aliphatic carbocycles. The minimum atomic E-state index is 0.622. The third-order valence-electron chi connectivity index (χ3n) is 4.43. The number of anilines is 2. The molecular formula is C18H17Cl2N5. The number of piperazine rings is 1. The van der Waals surface area contributed by atoms with Crippen LogP contribution in [0.4, 0.5) is 11.6 Å². The molecule has 0 unspecified atom stereocenters. The molecule has 4 rings (SSSR count). The molecule has 5 nitrogen and oxygen atoms in total. The number of nitrogens with zero attached hydrogens (tertiary/aromatic N) is 5. The molecule has 1 aliphatic rings. The molecule has 3 aromatic rings. The number of rotatable bonds is 2. The molecule has 0 N–H and O–H groups in total. The van der Waals surface area contributed by atoms with Crippen LogP contribution >= 0.6 is 23.2 Å². The Morgan fingerprint density at radius 1 is 0.800 bits per heavy atom. The quantitative estimate of drug-likeness (QED) is 0.679. The molecule has 128 valence electrons. The molecule has 1 aliphatic heterocycles. The molecular weight excluding hydrogens is 357 g/mol. The maximum absolute atomic E-state index is 6.30. The molecule has 7 heteroatoms. The molecule has 1 fully saturated rings. The monoisotopic (exact) mass is 373 g/mol. The third-order valence-corrected chi connectivity index (χ3v) is 5.06. The minimum absolute atomic E-state index is 0.622. The van der Waals surface area contributed by atoms with Gasteiger partial charge in [-0.05, 0) is 37.3 Å². The van der Waals surface area contributed by atoms with Crippen molar-refractivity contribution in [3.05, 3.63) is 52.4 Å². The van der Waals surface area contributed by atoms with Crippen LogP contribution in [0.3, 0.4) is 0 Å². The van der Waals surface area contributed by atoms with Crippen LogP contribution < -0.4 is 9.80 Å². The Balaban J connectivity index is 1.54. The molecule has 0 saturated carbocycles. The lowest BCUT2D eigenvalue weighted by molar-refractivity contribution is 0.641. The summed E-state index contributed by atoms with van der Waals surface area (Å²) in [5.41, 5.74) is 0.750. The molecule has 2 aromatic heterocycles. The fourth-order valence-electron chi connectivity index (χ4n) is 3.10. The van der Waals surface area contributed by atoms with Crippen molar-refractivity contribution in [3.8, 4) is 0 Å². The summed E-state index contributed by atoms with van der Waals surface area (Å²) in [6, 6.07) is 9.55. The van der Waals surface area contributed by atoms with E-state index in [2.05, 4.69) is 19.8 Å². The Morgan fingerprint density at radius 2 is 1.44 bits per heavy atom. The number of aryl methyl sites for hydroxylation is 1. The molecule has 0 amide bonds. The highest BCUT2D eigenvalue weighted by atomic mass is 35.5. The maximum Gasteiger partial charge on any atom is 0.132 e. The summed E-state index contributed by atoms with van der Waals surface area (Å²) in [5.74, 6) is 2.70. The second kappa shape index (κ2) is 6.65. The lowest BCUT2D eigenvalue weighted by Gasteiger charge is -2.36. The van der Waals surface area contributed by atoms with E-state index in [9.17, 15) is 0 Å². The zero-order chi connectivity index (χ0) is 17.4. The average molecular weight is 374 g/mol. The van der Waals surface area contributed by atoms with Gasteiger partial charge in [-0.2, -0.15) is 0 Å². The van der Waals surface area contributed by atoms with Crippen LogP contribution in [0.5, 0.6) is 0 Å². The van der Waals surface area contributed by atoms with Crippen molar-refractivity contribution in [2.45, 2.75) is 6.92 Å². The van der Waals surface area contributed by atoms with E-state index in [0.29, 0.717) is 10.0 Å². The number of halogens is 2. The normalized spacial score (nSPS) is 15.0. The zero-order valence-corrected chi connectivity index (χ0v) is 15.3. The van der Waals surface area contributed by atoms with Crippen LogP contribution in [0.15, 0.2) is 36.5 Å². The highest BCUT2D eigenvalue weighted by Crippen LogP contribution is 2.30. The van der Waals surface area contributed by atoms with Gasteiger partial charge in [-0.3, -0.25) is 0 Å². The van der Waals surface area contributed by atoms with Crippen molar-refractivity contribution in [1.29, 1.82) is 0 Å². The summed E-state index contributed by atoms with van der Waals surface area (Å²) in [7, 11) is 0. The van der Waals surface area contributed by atoms with Crippen LogP contribution in [0.25, 0.3) is 10.9 Å². The molecule has 1 saturated heterocycles. The van der Waals surface area contributed by atoms with Gasteiger partial charge in [0.2, 0.25) is 0 Å². The maximum atomic E-state index is 6.30. The fourth-order valence-corrected chi connectivity index (χ4v) is 3.52. The van der Waals surface area contributed by atoms with E-state index < -0.39 is 0 Å². The van der Waals surface area contributed by atoms with Gasteiger partial charge in [0.05, 0.1) is 15.6 Å². The summed E-state index contributed by atoms with van der Waals surface area (Å²) in [5, 5.41) is 2.17. The van der Waals surface area contributed by atoms with E-state index >= 15 is 0 Å². The standard InChI is InChI=1S/C18H17Cl2N5/c1-12-21-7-6-17(22-12)25-10-8-24(9-11-25)16-5-2-13-14(19)3-4-15(20)18(13)23-16/h2-7H,8-11H2,1H3. The second-order valence-electron chi connectivity index (χ2n) is 6.03. The van der Waals surface area contributed by atoms with Crippen molar-refractivity contribution in [2.75, 3.05) is 36.0 Å². The van der Waals surface area contributed by atoms with Crippen LogP contribution in [0, 0.1) is 6.92 Å². The smallest absolute Gasteiger partial charge is 0.132 e. The number of fused-ring (bicyclic) bond motifs is 1. The highest BCUT2D eigenvalue weighted by molar-refractivity contribution is 6.39. The van der Waals surface area contributed by atoms with Gasteiger partial charge < -0.3 is 9.80 Å². The average Bonchev–Trinajstić information content (AvgIpc) is 2.65. The lowest BCUT2D eigenvalue weighted by Crippen LogP contribution is -2.47. The van der Waals surface area contributed by atoms with Crippen molar-refractivity contribution in [2.24, 2.45) is 0 Å². The molecule has 0 spiro atoms. The first-order chi connectivity index (χ1) is 12.1.